The molecule has 10 heteroatoms. The largest absolute Gasteiger partial charge is 0.494 e. The minimum Gasteiger partial charge on any atom is -0.494 e. The number of hydrogen-bond acceptors (Lipinski definition) is 7. The van der Waals surface area contributed by atoms with Gasteiger partial charge >= 0.3 is 5.97 Å². The first-order valence-electron chi connectivity index (χ1n) is 9.94. The Morgan fingerprint density at radius 3 is 2.62 bits per heavy atom. The van der Waals surface area contributed by atoms with Crippen molar-refractivity contribution in [3.05, 3.63) is 64.2 Å². The van der Waals surface area contributed by atoms with E-state index in [0.717, 1.165) is 5.56 Å². The Hall–Kier alpha value is -3.95. The fourth-order valence-corrected chi connectivity index (χ4v) is 3.46. The van der Waals surface area contributed by atoms with Gasteiger partial charge in [-0.15, -0.1) is 0 Å². The first kappa shape index (κ1) is 22.7. The number of benzene rings is 2. The number of non-ortho nitro benzene ring substituents is 1. The van der Waals surface area contributed by atoms with Crippen LogP contribution in [0.15, 0.2) is 48.5 Å². The van der Waals surface area contributed by atoms with E-state index in [-0.39, 0.29) is 36.4 Å². The molecule has 1 fully saturated rings. The number of rotatable bonds is 8. The van der Waals surface area contributed by atoms with Crippen molar-refractivity contribution >= 4 is 29.2 Å². The highest BCUT2D eigenvalue weighted by Crippen LogP contribution is 2.35. The van der Waals surface area contributed by atoms with Crippen LogP contribution < -0.4 is 15.0 Å². The molecular formula is C22H23N3O7. The average Bonchev–Trinajstić information content (AvgIpc) is 3.18. The number of esters is 1. The van der Waals surface area contributed by atoms with Crippen LogP contribution in [-0.4, -0.2) is 43.0 Å². The van der Waals surface area contributed by atoms with Gasteiger partial charge in [0.05, 0.1) is 35.7 Å². The summed E-state index contributed by atoms with van der Waals surface area (Å²) in [5.74, 6) is -2.07. The minimum atomic E-state index is -0.762. The fourth-order valence-electron chi connectivity index (χ4n) is 3.46. The third-order valence-corrected chi connectivity index (χ3v) is 5.15. The Morgan fingerprint density at radius 2 is 1.97 bits per heavy atom. The summed E-state index contributed by atoms with van der Waals surface area (Å²) in [6.45, 7) is 1.38. The van der Waals surface area contributed by atoms with Crippen LogP contribution in [0.3, 0.4) is 0 Å². The zero-order valence-corrected chi connectivity index (χ0v) is 17.6. The van der Waals surface area contributed by atoms with E-state index in [9.17, 15) is 24.5 Å². The Morgan fingerprint density at radius 1 is 1.25 bits per heavy atom. The molecule has 2 amide bonds. The van der Waals surface area contributed by atoms with Crippen molar-refractivity contribution in [2.75, 3.05) is 25.2 Å². The minimum absolute atomic E-state index is 0.0217. The topological polar surface area (TPSA) is 128 Å². The highest BCUT2D eigenvalue weighted by Gasteiger charge is 2.37. The summed E-state index contributed by atoms with van der Waals surface area (Å²) in [5.41, 5.74) is 1.07. The number of nitrogens with zero attached hydrogens (tertiary/aromatic N) is 2. The van der Waals surface area contributed by atoms with Crippen molar-refractivity contribution in [1.29, 1.82) is 0 Å². The van der Waals surface area contributed by atoms with E-state index in [1.807, 2.05) is 37.3 Å². The molecule has 0 saturated carbocycles. The van der Waals surface area contributed by atoms with Gasteiger partial charge in [-0.2, -0.15) is 0 Å². The van der Waals surface area contributed by atoms with Crippen molar-refractivity contribution in [1.82, 2.24) is 5.32 Å². The number of carbonyl (C=O) groups excluding carboxylic acids is 3. The van der Waals surface area contributed by atoms with E-state index >= 15 is 0 Å². The molecule has 168 valence electrons. The molecule has 2 aromatic rings. The van der Waals surface area contributed by atoms with Gasteiger partial charge in [0.1, 0.15) is 5.75 Å². The molecule has 1 heterocycles. The molecule has 1 aliphatic rings. The first-order chi connectivity index (χ1) is 15.3. The lowest BCUT2D eigenvalue weighted by atomic mass is 10.1. The van der Waals surface area contributed by atoms with Crippen molar-refractivity contribution < 1.29 is 28.8 Å². The maximum absolute atomic E-state index is 12.5. The third-order valence-electron chi connectivity index (χ3n) is 5.15. The number of methoxy groups -OCH3 is 1. The second-order valence-electron chi connectivity index (χ2n) is 7.33. The number of nitro groups is 1. The second kappa shape index (κ2) is 9.90. The quantitative estimate of drug-likeness (QED) is 0.378. The van der Waals surface area contributed by atoms with E-state index in [0.29, 0.717) is 5.69 Å². The van der Waals surface area contributed by atoms with Gasteiger partial charge in [0, 0.05) is 19.0 Å². The smallest absolute Gasteiger partial charge is 0.311 e. The molecule has 1 aliphatic heterocycles. The van der Waals surface area contributed by atoms with Crippen molar-refractivity contribution in [3.63, 3.8) is 0 Å². The van der Waals surface area contributed by atoms with Crippen molar-refractivity contribution in [2.24, 2.45) is 5.92 Å². The van der Waals surface area contributed by atoms with Crippen LogP contribution in [0, 0.1) is 16.0 Å². The summed E-state index contributed by atoms with van der Waals surface area (Å²) in [6, 6.07) is 13.0. The highest BCUT2D eigenvalue weighted by molar-refractivity contribution is 6.00. The normalized spacial score (nSPS) is 16.4. The summed E-state index contributed by atoms with van der Waals surface area (Å²) >= 11 is 0. The number of anilines is 1. The molecule has 0 spiro atoms. The average molecular weight is 441 g/mol. The summed E-state index contributed by atoms with van der Waals surface area (Å²) in [4.78, 5) is 48.7. The van der Waals surface area contributed by atoms with Crippen LogP contribution >= 0.6 is 0 Å². The van der Waals surface area contributed by atoms with E-state index < -0.39 is 29.3 Å². The van der Waals surface area contributed by atoms with Crippen LogP contribution in [-0.2, 0) is 19.1 Å². The van der Waals surface area contributed by atoms with Crippen LogP contribution in [0.2, 0.25) is 0 Å². The summed E-state index contributed by atoms with van der Waals surface area (Å²) in [5, 5.41) is 13.7. The van der Waals surface area contributed by atoms with Crippen LogP contribution in [0.4, 0.5) is 11.4 Å². The maximum Gasteiger partial charge on any atom is 0.311 e. The van der Waals surface area contributed by atoms with Gasteiger partial charge in [-0.05, 0) is 18.6 Å². The van der Waals surface area contributed by atoms with E-state index in [1.165, 1.54) is 30.2 Å². The Labute approximate surface area is 184 Å². The standard InChI is InChI=1S/C22H23N3O7/c1-14(15-6-4-3-5-7-15)23-20(26)13-32-22(28)16-10-21(27)24(12-16)18-9-8-17(25(29)30)11-19(18)31-2/h3-9,11,14,16H,10,12-13H2,1-2H3,(H,23,26)/t14-,16-/m0/s1. The lowest BCUT2D eigenvalue weighted by Crippen LogP contribution is -2.32. The first-order valence-corrected chi connectivity index (χ1v) is 9.94. The highest BCUT2D eigenvalue weighted by atomic mass is 16.6. The Kier molecular flexibility index (Phi) is 7.04. The summed E-state index contributed by atoms with van der Waals surface area (Å²) in [6.07, 6.45) is -0.0962. The van der Waals surface area contributed by atoms with E-state index in [2.05, 4.69) is 5.32 Å². The van der Waals surface area contributed by atoms with Gasteiger partial charge in [0.25, 0.3) is 11.6 Å². The molecule has 3 rings (SSSR count). The Balaban J connectivity index is 1.57. The summed E-state index contributed by atoms with van der Waals surface area (Å²) in [7, 11) is 1.34. The van der Waals surface area contributed by atoms with Gasteiger partial charge in [0.2, 0.25) is 5.91 Å². The van der Waals surface area contributed by atoms with Gasteiger partial charge < -0.3 is 19.7 Å². The zero-order valence-electron chi connectivity index (χ0n) is 17.6. The fraction of sp³-hybridized carbons (Fsp3) is 0.318. The molecule has 32 heavy (non-hydrogen) atoms. The SMILES string of the molecule is COc1cc([N+](=O)[O-])ccc1N1C[C@@H](C(=O)OCC(=O)N[C@@H](C)c2ccccc2)CC1=O. The number of carbonyl (C=O) groups is 3. The molecule has 0 radical (unpaired) electrons. The molecular weight excluding hydrogens is 418 g/mol. The van der Waals surface area contributed by atoms with Crippen molar-refractivity contribution in [2.45, 2.75) is 19.4 Å². The van der Waals surface area contributed by atoms with Gasteiger partial charge in [-0.25, -0.2) is 0 Å². The van der Waals surface area contributed by atoms with Gasteiger partial charge in [-0.3, -0.25) is 24.5 Å². The molecule has 2 atom stereocenters. The zero-order chi connectivity index (χ0) is 23.3. The molecule has 0 aromatic heterocycles. The van der Waals surface area contributed by atoms with Crippen LogP contribution in [0.1, 0.15) is 24.9 Å². The molecule has 0 aliphatic carbocycles. The Bertz CT molecular complexity index is 1030. The number of hydrogen-bond donors (Lipinski definition) is 1. The summed E-state index contributed by atoms with van der Waals surface area (Å²) < 4.78 is 10.3. The molecule has 1 N–H and O–H groups in total. The molecule has 1 saturated heterocycles. The lowest BCUT2D eigenvalue weighted by Gasteiger charge is -2.19. The molecule has 10 nitrogen and oxygen atoms in total. The van der Waals surface area contributed by atoms with E-state index in [4.69, 9.17) is 9.47 Å². The van der Waals surface area contributed by atoms with Crippen LogP contribution in [0.25, 0.3) is 0 Å². The maximum atomic E-state index is 12.5. The number of ether oxygens (including phenoxy) is 2. The van der Waals surface area contributed by atoms with Crippen molar-refractivity contribution in [3.8, 4) is 5.75 Å². The predicted molar refractivity (Wildman–Crippen MR) is 114 cm³/mol. The van der Waals surface area contributed by atoms with E-state index in [1.54, 1.807) is 0 Å². The lowest BCUT2D eigenvalue weighted by molar-refractivity contribution is -0.384. The molecule has 2 aromatic carbocycles. The molecule has 0 unspecified atom stereocenters. The molecule has 0 bridgehead atoms. The second-order valence-corrected chi connectivity index (χ2v) is 7.33. The number of nitrogens with one attached hydrogen (secondary N) is 1. The van der Waals surface area contributed by atoms with Gasteiger partial charge in [0.15, 0.2) is 6.61 Å². The van der Waals surface area contributed by atoms with Gasteiger partial charge in [-0.1, -0.05) is 30.3 Å². The number of amides is 2. The third kappa shape index (κ3) is 5.20. The monoisotopic (exact) mass is 441 g/mol. The van der Waals surface area contributed by atoms with Crippen LogP contribution in [0.5, 0.6) is 5.75 Å². The predicted octanol–water partition coefficient (Wildman–Crippen LogP) is 2.38. The number of nitro benzene ring substituents is 1.